The smallest absolute Gasteiger partial charge is 0.254 e. The summed E-state index contributed by atoms with van der Waals surface area (Å²) in [5.41, 5.74) is 1.79. The van der Waals surface area contributed by atoms with E-state index in [1.165, 1.54) is 32.1 Å². The molecule has 0 aromatic carbocycles. The highest BCUT2D eigenvalue weighted by Gasteiger charge is 2.25. The third-order valence-corrected chi connectivity index (χ3v) is 4.51. The number of aromatic nitrogens is 2. The summed E-state index contributed by atoms with van der Waals surface area (Å²) in [7, 11) is 1.90. The lowest BCUT2D eigenvalue weighted by molar-refractivity contribution is 0.0940. The van der Waals surface area contributed by atoms with Crippen molar-refractivity contribution in [1.82, 2.24) is 20.4 Å². The average molecular weight is 276 g/mol. The molecule has 2 fully saturated rings. The summed E-state index contributed by atoms with van der Waals surface area (Å²) < 4.78 is 1.78. The summed E-state index contributed by atoms with van der Waals surface area (Å²) in [6.07, 6.45) is 8.05. The van der Waals surface area contributed by atoms with Gasteiger partial charge in [-0.2, -0.15) is 5.10 Å². The van der Waals surface area contributed by atoms with E-state index in [1.807, 2.05) is 13.2 Å². The Morgan fingerprint density at radius 2 is 2.15 bits per heavy atom. The van der Waals surface area contributed by atoms with Gasteiger partial charge in [-0.1, -0.05) is 19.3 Å². The standard InChI is InChI=1S/C15H24N4O/c1-19-10-13(15(20)17-9-11-7-16-8-11)14(18-19)12-5-3-2-4-6-12/h10-12,16H,2-9H2,1H3,(H,17,20). The molecule has 1 amide bonds. The van der Waals surface area contributed by atoms with Crippen LogP contribution in [0.3, 0.4) is 0 Å². The lowest BCUT2D eigenvalue weighted by atomic mass is 9.85. The normalized spacial score (nSPS) is 20.6. The van der Waals surface area contributed by atoms with Gasteiger partial charge in [0.1, 0.15) is 0 Å². The monoisotopic (exact) mass is 276 g/mol. The molecule has 5 nitrogen and oxygen atoms in total. The third-order valence-electron chi connectivity index (χ3n) is 4.51. The lowest BCUT2D eigenvalue weighted by Gasteiger charge is -2.27. The van der Waals surface area contributed by atoms with Crippen molar-refractivity contribution in [2.45, 2.75) is 38.0 Å². The largest absolute Gasteiger partial charge is 0.352 e. The first-order valence-corrected chi connectivity index (χ1v) is 7.76. The maximum absolute atomic E-state index is 12.4. The van der Waals surface area contributed by atoms with Gasteiger partial charge >= 0.3 is 0 Å². The molecule has 20 heavy (non-hydrogen) atoms. The minimum atomic E-state index is 0.0468. The number of nitrogens with zero attached hydrogens (tertiary/aromatic N) is 2. The molecule has 1 aromatic heterocycles. The molecule has 0 radical (unpaired) electrons. The van der Waals surface area contributed by atoms with E-state index in [0.717, 1.165) is 30.9 Å². The van der Waals surface area contributed by atoms with Crippen LogP contribution >= 0.6 is 0 Å². The van der Waals surface area contributed by atoms with Gasteiger partial charge < -0.3 is 10.6 Å². The molecular weight excluding hydrogens is 252 g/mol. The Bertz CT molecular complexity index is 472. The second-order valence-corrected chi connectivity index (χ2v) is 6.17. The highest BCUT2D eigenvalue weighted by atomic mass is 16.1. The van der Waals surface area contributed by atoms with Crippen LogP contribution in [0.25, 0.3) is 0 Å². The van der Waals surface area contributed by atoms with E-state index in [0.29, 0.717) is 11.8 Å². The summed E-state index contributed by atoms with van der Waals surface area (Å²) >= 11 is 0. The van der Waals surface area contributed by atoms with E-state index < -0.39 is 0 Å². The van der Waals surface area contributed by atoms with Gasteiger partial charge in [-0.15, -0.1) is 0 Å². The fourth-order valence-corrected chi connectivity index (χ4v) is 3.18. The Morgan fingerprint density at radius 1 is 1.40 bits per heavy atom. The van der Waals surface area contributed by atoms with Crippen molar-refractivity contribution in [3.63, 3.8) is 0 Å². The Hall–Kier alpha value is -1.36. The van der Waals surface area contributed by atoms with E-state index >= 15 is 0 Å². The first-order valence-electron chi connectivity index (χ1n) is 7.76. The predicted octanol–water partition coefficient (Wildman–Crippen LogP) is 1.42. The molecule has 0 spiro atoms. The second-order valence-electron chi connectivity index (χ2n) is 6.17. The number of aryl methyl sites for hydroxylation is 1. The Balaban J connectivity index is 1.68. The van der Waals surface area contributed by atoms with E-state index in [4.69, 9.17) is 0 Å². The molecule has 2 N–H and O–H groups in total. The Labute approximate surface area is 120 Å². The van der Waals surface area contributed by atoms with Crippen molar-refractivity contribution in [3.8, 4) is 0 Å². The van der Waals surface area contributed by atoms with Crippen LogP contribution < -0.4 is 10.6 Å². The lowest BCUT2D eigenvalue weighted by Crippen LogP contribution is -2.48. The fourth-order valence-electron chi connectivity index (χ4n) is 3.18. The molecule has 1 aliphatic heterocycles. The molecule has 110 valence electrons. The molecule has 1 saturated carbocycles. The number of carbonyl (C=O) groups is 1. The van der Waals surface area contributed by atoms with Crippen LogP contribution in [0.5, 0.6) is 0 Å². The summed E-state index contributed by atoms with van der Waals surface area (Å²) in [5.74, 6) is 1.11. The minimum absolute atomic E-state index is 0.0468. The van der Waals surface area contributed by atoms with Crippen LogP contribution in [-0.4, -0.2) is 35.3 Å². The zero-order valence-electron chi connectivity index (χ0n) is 12.2. The molecular formula is C15H24N4O. The van der Waals surface area contributed by atoms with Gasteiger partial charge in [0.05, 0.1) is 11.3 Å². The summed E-state index contributed by atoms with van der Waals surface area (Å²) in [4.78, 5) is 12.4. The summed E-state index contributed by atoms with van der Waals surface area (Å²) in [5, 5.41) is 10.8. The van der Waals surface area contributed by atoms with Crippen molar-refractivity contribution in [1.29, 1.82) is 0 Å². The maximum Gasteiger partial charge on any atom is 0.254 e. The van der Waals surface area contributed by atoms with Gasteiger partial charge in [-0.3, -0.25) is 9.48 Å². The van der Waals surface area contributed by atoms with Crippen LogP contribution in [0.15, 0.2) is 6.20 Å². The van der Waals surface area contributed by atoms with Crippen LogP contribution in [0.4, 0.5) is 0 Å². The van der Waals surface area contributed by atoms with Gasteiger partial charge in [0.2, 0.25) is 0 Å². The van der Waals surface area contributed by atoms with Crippen molar-refractivity contribution in [2.24, 2.45) is 13.0 Å². The van der Waals surface area contributed by atoms with E-state index in [1.54, 1.807) is 4.68 Å². The van der Waals surface area contributed by atoms with Gasteiger partial charge in [-0.05, 0) is 12.8 Å². The molecule has 0 unspecified atom stereocenters. The van der Waals surface area contributed by atoms with Gasteiger partial charge in [0.15, 0.2) is 0 Å². The first-order chi connectivity index (χ1) is 9.74. The highest BCUT2D eigenvalue weighted by molar-refractivity contribution is 5.95. The van der Waals surface area contributed by atoms with E-state index in [9.17, 15) is 4.79 Å². The van der Waals surface area contributed by atoms with Gasteiger partial charge in [0, 0.05) is 44.7 Å². The highest BCUT2D eigenvalue weighted by Crippen LogP contribution is 2.33. The molecule has 3 rings (SSSR count). The molecule has 5 heteroatoms. The number of hydrogen-bond acceptors (Lipinski definition) is 3. The number of amides is 1. The number of rotatable bonds is 4. The molecule has 2 aliphatic rings. The molecule has 0 bridgehead atoms. The zero-order chi connectivity index (χ0) is 13.9. The van der Waals surface area contributed by atoms with Gasteiger partial charge in [0.25, 0.3) is 5.91 Å². The molecule has 2 heterocycles. The van der Waals surface area contributed by atoms with E-state index in [-0.39, 0.29) is 5.91 Å². The number of nitrogens with one attached hydrogen (secondary N) is 2. The Morgan fingerprint density at radius 3 is 2.80 bits per heavy atom. The Kier molecular flexibility index (Phi) is 4.05. The quantitative estimate of drug-likeness (QED) is 0.874. The maximum atomic E-state index is 12.4. The molecule has 1 aromatic rings. The van der Waals surface area contributed by atoms with Crippen molar-refractivity contribution >= 4 is 5.91 Å². The minimum Gasteiger partial charge on any atom is -0.352 e. The molecule has 0 atom stereocenters. The van der Waals surface area contributed by atoms with Crippen molar-refractivity contribution < 1.29 is 4.79 Å². The first kappa shape index (κ1) is 13.6. The average Bonchev–Trinajstić information content (AvgIpc) is 2.80. The third kappa shape index (κ3) is 2.87. The van der Waals surface area contributed by atoms with Crippen LogP contribution in [0, 0.1) is 5.92 Å². The zero-order valence-corrected chi connectivity index (χ0v) is 12.2. The van der Waals surface area contributed by atoms with E-state index in [2.05, 4.69) is 15.7 Å². The SMILES string of the molecule is Cn1cc(C(=O)NCC2CNC2)c(C2CCCCC2)n1. The topological polar surface area (TPSA) is 59.0 Å². The van der Waals surface area contributed by atoms with Crippen LogP contribution in [0.2, 0.25) is 0 Å². The number of carbonyl (C=O) groups excluding carboxylic acids is 1. The van der Waals surface area contributed by atoms with Crippen LogP contribution in [0.1, 0.15) is 54.1 Å². The second kappa shape index (κ2) is 5.95. The predicted molar refractivity (Wildman–Crippen MR) is 77.7 cm³/mol. The van der Waals surface area contributed by atoms with Crippen molar-refractivity contribution in [2.75, 3.05) is 19.6 Å². The molecule has 1 saturated heterocycles. The van der Waals surface area contributed by atoms with Crippen molar-refractivity contribution in [3.05, 3.63) is 17.5 Å². The van der Waals surface area contributed by atoms with Crippen LogP contribution in [-0.2, 0) is 7.05 Å². The fraction of sp³-hybridized carbons (Fsp3) is 0.733. The molecule has 1 aliphatic carbocycles. The summed E-state index contributed by atoms with van der Waals surface area (Å²) in [6, 6.07) is 0. The summed E-state index contributed by atoms with van der Waals surface area (Å²) in [6.45, 7) is 2.80. The number of hydrogen-bond donors (Lipinski definition) is 2. The van der Waals surface area contributed by atoms with Gasteiger partial charge in [-0.25, -0.2) is 0 Å².